The number of thioether (sulfide) groups is 1. The van der Waals surface area contributed by atoms with Gasteiger partial charge in [0.2, 0.25) is 0 Å². The van der Waals surface area contributed by atoms with Gasteiger partial charge in [-0.15, -0.1) is 0 Å². The highest BCUT2D eigenvalue weighted by atomic mass is 35.5. The Balaban J connectivity index is 2.23. The Kier molecular flexibility index (Phi) is 5.22. The maximum atomic E-state index is 6.11. The standard InChI is InChI=1S/C14H21ClN2S/c1-11(16)9-12-10-13(15)3-4-14(12)17-5-2-7-18-8-6-17/h3-4,10-11H,2,5-9,16H2,1H3. The predicted molar refractivity (Wildman–Crippen MR) is 83.0 cm³/mol. The topological polar surface area (TPSA) is 29.3 Å². The molecule has 0 radical (unpaired) electrons. The summed E-state index contributed by atoms with van der Waals surface area (Å²) >= 11 is 8.15. The Bertz CT molecular complexity index is 387. The van der Waals surface area contributed by atoms with E-state index in [0.717, 1.165) is 24.5 Å². The van der Waals surface area contributed by atoms with Gasteiger partial charge in [0.15, 0.2) is 0 Å². The summed E-state index contributed by atoms with van der Waals surface area (Å²) in [6.45, 7) is 4.31. The molecule has 0 saturated carbocycles. The van der Waals surface area contributed by atoms with Crippen LogP contribution in [-0.4, -0.2) is 30.6 Å². The van der Waals surface area contributed by atoms with Crippen molar-refractivity contribution in [3.8, 4) is 0 Å². The Hall–Kier alpha value is -0.380. The zero-order valence-electron chi connectivity index (χ0n) is 10.9. The summed E-state index contributed by atoms with van der Waals surface area (Å²) in [5.41, 5.74) is 8.54. The number of hydrogen-bond acceptors (Lipinski definition) is 3. The van der Waals surface area contributed by atoms with Crippen LogP contribution >= 0.6 is 23.4 Å². The minimum atomic E-state index is 0.170. The van der Waals surface area contributed by atoms with Crippen molar-refractivity contribution in [1.29, 1.82) is 0 Å². The van der Waals surface area contributed by atoms with E-state index in [1.165, 1.54) is 29.2 Å². The first kappa shape index (κ1) is 14.0. The number of nitrogens with zero attached hydrogens (tertiary/aromatic N) is 1. The smallest absolute Gasteiger partial charge is 0.0410 e. The van der Waals surface area contributed by atoms with Gasteiger partial charge < -0.3 is 10.6 Å². The van der Waals surface area contributed by atoms with Gasteiger partial charge in [-0.2, -0.15) is 11.8 Å². The minimum absolute atomic E-state index is 0.170. The van der Waals surface area contributed by atoms with Crippen LogP contribution in [0, 0.1) is 0 Å². The molecule has 1 aromatic rings. The first-order chi connectivity index (χ1) is 8.66. The van der Waals surface area contributed by atoms with Crippen molar-refractivity contribution in [2.75, 3.05) is 29.5 Å². The molecule has 1 aliphatic heterocycles. The molecule has 1 unspecified atom stereocenters. The molecule has 1 aromatic carbocycles. The molecule has 1 heterocycles. The van der Waals surface area contributed by atoms with Gasteiger partial charge in [-0.05, 0) is 49.3 Å². The van der Waals surface area contributed by atoms with Crippen LogP contribution in [0.2, 0.25) is 5.02 Å². The zero-order chi connectivity index (χ0) is 13.0. The average molecular weight is 285 g/mol. The highest BCUT2D eigenvalue weighted by molar-refractivity contribution is 7.99. The van der Waals surface area contributed by atoms with Crippen LogP contribution in [0.4, 0.5) is 5.69 Å². The van der Waals surface area contributed by atoms with Gasteiger partial charge in [0.1, 0.15) is 0 Å². The zero-order valence-corrected chi connectivity index (χ0v) is 12.4. The summed E-state index contributed by atoms with van der Waals surface area (Å²) in [5, 5.41) is 0.804. The van der Waals surface area contributed by atoms with Crippen molar-refractivity contribution < 1.29 is 0 Å². The molecule has 0 aromatic heterocycles. The van der Waals surface area contributed by atoms with Gasteiger partial charge in [0.25, 0.3) is 0 Å². The van der Waals surface area contributed by atoms with E-state index >= 15 is 0 Å². The number of hydrogen-bond donors (Lipinski definition) is 1. The molecular weight excluding hydrogens is 264 g/mol. The van der Waals surface area contributed by atoms with Crippen molar-refractivity contribution in [2.45, 2.75) is 25.8 Å². The fourth-order valence-electron chi connectivity index (χ4n) is 2.36. The maximum Gasteiger partial charge on any atom is 0.0410 e. The lowest BCUT2D eigenvalue weighted by Crippen LogP contribution is -2.28. The largest absolute Gasteiger partial charge is 0.370 e. The van der Waals surface area contributed by atoms with Crippen LogP contribution < -0.4 is 10.6 Å². The maximum absolute atomic E-state index is 6.11. The van der Waals surface area contributed by atoms with Crippen molar-refractivity contribution in [3.63, 3.8) is 0 Å². The molecule has 4 heteroatoms. The van der Waals surface area contributed by atoms with E-state index in [1.807, 2.05) is 24.8 Å². The van der Waals surface area contributed by atoms with Crippen LogP contribution in [0.5, 0.6) is 0 Å². The summed E-state index contributed by atoms with van der Waals surface area (Å²) < 4.78 is 0. The van der Waals surface area contributed by atoms with Crippen LogP contribution in [0.3, 0.4) is 0 Å². The van der Waals surface area contributed by atoms with E-state index in [1.54, 1.807) is 0 Å². The SMILES string of the molecule is CC(N)Cc1cc(Cl)ccc1N1CCCSCC1. The number of benzene rings is 1. The van der Waals surface area contributed by atoms with E-state index < -0.39 is 0 Å². The monoisotopic (exact) mass is 284 g/mol. The van der Waals surface area contributed by atoms with Crippen LogP contribution in [-0.2, 0) is 6.42 Å². The molecule has 2 N–H and O–H groups in total. The lowest BCUT2D eigenvalue weighted by atomic mass is 10.0. The Morgan fingerprint density at radius 3 is 3.00 bits per heavy atom. The van der Waals surface area contributed by atoms with Crippen LogP contribution in [0.15, 0.2) is 18.2 Å². The van der Waals surface area contributed by atoms with E-state index in [4.69, 9.17) is 17.3 Å². The molecule has 0 spiro atoms. The quantitative estimate of drug-likeness (QED) is 0.924. The fourth-order valence-corrected chi connectivity index (χ4v) is 3.44. The molecule has 0 amide bonds. The molecule has 18 heavy (non-hydrogen) atoms. The molecule has 0 bridgehead atoms. The third-order valence-electron chi connectivity index (χ3n) is 3.15. The molecule has 0 aliphatic carbocycles. The molecule has 1 fully saturated rings. The highest BCUT2D eigenvalue weighted by Gasteiger charge is 2.14. The van der Waals surface area contributed by atoms with Crippen molar-refractivity contribution >= 4 is 29.1 Å². The molecule has 1 saturated heterocycles. The van der Waals surface area contributed by atoms with E-state index in [0.29, 0.717) is 0 Å². The Morgan fingerprint density at radius 1 is 1.39 bits per heavy atom. The van der Waals surface area contributed by atoms with Gasteiger partial charge in [0, 0.05) is 35.6 Å². The number of nitrogens with two attached hydrogens (primary N) is 1. The molecular formula is C14H21ClN2S. The fraction of sp³-hybridized carbons (Fsp3) is 0.571. The van der Waals surface area contributed by atoms with Crippen LogP contribution in [0.1, 0.15) is 18.9 Å². The van der Waals surface area contributed by atoms with Crippen LogP contribution in [0.25, 0.3) is 0 Å². The second kappa shape index (κ2) is 6.69. The van der Waals surface area contributed by atoms with Gasteiger partial charge in [-0.1, -0.05) is 11.6 Å². The van der Waals surface area contributed by atoms with Crippen molar-refractivity contribution in [3.05, 3.63) is 28.8 Å². The first-order valence-corrected chi connectivity index (χ1v) is 8.07. The first-order valence-electron chi connectivity index (χ1n) is 6.53. The number of anilines is 1. The lowest BCUT2D eigenvalue weighted by Gasteiger charge is -2.26. The summed E-state index contributed by atoms with van der Waals surface area (Å²) in [4.78, 5) is 2.48. The molecule has 2 nitrogen and oxygen atoms in total. The van der Waals surface area contributed by atoms with E-state index in [-0.39, 0.29) is 6.04 Å². The molecule has 100 valence electrons. The van der Waals surface area contributed by atoms with Gasteiger partial charge in [0.05, 0.1) is 0 Å². The summed E-state index contributed by atoms with van der Waals surface area (Å²) in [5.74, 6) is 2.48. The Labute approximate surface area is 119 Å². The highest BCUT2D eigenvalue weighted by Crippen LogP contribution is 2.27. The van der Waals surface area contributed by atoms with E-state index in [2.05, 4.69) is 17.0 Å². The third-order valence-corrected chi connectivity index (χ3v) is 4.43. The number of rotatable bonds is 3. The average Bonchev–Trinajstić information content (AvgIpc) is 2.57. The lowest BCUT2D eigenvalue weighted by molar-refractivity contribution is 0.729. The van der Waals surface area contributed by atoms with Gasteiger partial charge in [-0.3, -0.25) is 0 Å². The van der Waals surface area contributed by atoms with Crippen molar-refractivity contribution in [1.82, 2.24) is 0 Å². The predicted octanol–water partition coefficient (Wildman–Crippen LogP) is 3.17. The van der Waals surface area contributed by atoms with Gasteiger partial charge >= 0.3 is 0 Å². The molecule has 1 atom stereocenters. The van der Waals surface area contributed by atoms with Gasteiger partial charge in [-0.25, -0.2) is 0 Å². The minimum Gasteiger partial charge on any atom is -0.370 e. The third kappa shape index (κ3) is 3.81. The second-order valence-electron chi connectivity index (χ2n) is 4.91. The summed E-state index contributed by atoms with van der Waals surface area (Å²) in [7, 11) is 0. The molecule has 2 rings (SSSR count). The van der Waals surface area contributed by atoms with E-state index in [9.17, 15) is 0 Å². The van der Waals surface area contributed by atoms with Crippen molar-refractivity contribution in [2.24, 2.45) is 5.73 Å². The molecule has 1 aliphatic rings. The number of halogens is 1. The summed E-state index contributed by atoms with van der Waals surface area (Å²) in [6.07, 6.45) is 2.14. The normalized spacial score (nSPS) is 18.5. The second-order valence-corrected chi connectivity index (χ2v) is 6.57. The summed E-state index contributed by atoms with van der Waals surface area (Å²) in [6, 6.07) is 6.37. The Morgan fingerprint density at radius 2 is 2.22 bits per heavy atom.